The molecule has 0 aliphatic heterocycles. The minimum atomic E-state index is 0. The second kappa shape index (κ2) is 8.50. The molecule has 0 spiro atoms. The summed E-state index contributed by atoms with van der Waals surface area (Å²) in [4.78, 5) is 17.6. The molecular formula is C10H18ClN3OS. The summed E-state index contributed by atoms with van der Waals surface area (Å²) in [6.07, 6.45) is 2.65. The van der Waals surface area contributed by atoms with E-state index in [4.69, 9.17) is 0 Å². The van der Waals surface area contributed by atoms with Crippen LogP contribution in [0.2, 0.25) is 0 Å². The summed E-state index contributed by atoms with van der Waals surface area (Å²) in [7, 11) is 1.78. The van der Waals surface area contributed by atoms with Gasteiger partial charge in [0.1, 0.15) is 0 Å². The van der Waals surface area contributed by atoms with Crippen LogP contribution in [0.15, 0.2) is 11.6 Å². The van der Waals surface area contributed by atoms with E-state index in [0.29, 0.717) is 6.54 Å². The van der Waals surface area contributed by atoms with Crippen LogP contribution >= 0.6 is 23.7 Å². The third kappa shape index (κ3) is 4.92. The Hall–Kier alpha value is -0.650. The first-order valence-electron chi connectivity index (χ1n) is 5.08. The molecule has 0 fully saturated rings. The lowest BCUT2D eigenvalue weighted by molar-refractivity contribution is -0.129. The molecule has 1 aromatic rings. The summed E-state index contributed by atoms with van der Waals surface area (Å²) >= 11 is 1.64. The third-order valence-corrected chi connectivity index (χ3v) is 2.98. The molecule has 0 aromatic carbocycles. The van der Waals surface area contributed by atoms with Crippen LogP contribution in [-0.4, -0.2) is 42.5 Å². The molecule has 1 aromatic heterocycles. The zero-order valence-electron chi connectivity index (χ0n) is 9.60. The highest BCUT2D eigenvalue weighted by molar-refractivity contribution is 7.09. The summed E-state index contributed by atoms with van der Waals surface area (Å²) in [6.45, 7) is 3.91. The van der Waals surface area contributed by atoms with E-state index in [1.807, 2.05) is 17.2 Å². The highest BCUT2D eigenvalue weighted by Gasteiger charge is 2.10. The van der Waals surface area contributed by atoms with Crippen LogP contribution in [0.5, 0.6) is 0 Å². The molecule has 1 heterocycles. The molecule has 4 nitrogen and oxygen atoms in total. The summed E-state index contributed by atoms with van der Waals surface area (Å²) < 4.78 is 0. The van der Waals surface area contributed by atoms with Gasteiger partial charge in [0.2, 0.25) is 5.91 Å². The van der Waals surface area contributed by atoms with Crippen molar-refractivity contribution in [3.05, 3.63) is 16.6 Å². The molecule has 0 saturated carbocycles. The second-order valence-corrected chi connectivity index (χ2v) is 4.16. The minimum absolute atomic E-state index is 0. The minimum Gasteiger partial charge on any atom is -0.341 e. The molecule has 0 saturated heterocycles. The van der Waals surface area contributed by atoms with Crippen molar-refractivity contribution in [3.8, 4) is 0 Å². The summed E-state index contributed by atoms with van der Waals surface area (Å²) in [6, 6.07) is 0. The zero-order valence-corrected chi connectivity index (χ0v) is 11.2. The number of hydrogen-bond acceptors (Lipinski definition) is 4. The molecule has 1 amide bonds. The average molecular weight is 264 g/mol. The number of nitrogens with one attached hydrogen (secondary N) is 1. The monoisotopic (exact) mass is 263 g/mol. The lowest BCUT2D eigenvalue weighted by Crippen LogP contribution is -2.38. The second-order valence-electron chi connectivity index (χ2n) is 3.18. The van der Waals surface area contributed by atoms with Gasteiger partial charge in [-0.2, -0.15) is 0 Å². The Bertz CT molecular complexity index is 292. The Morgan fingerprint density at radius 3 is 2.88 bits per heavy atom. The molecule has 0 aliphatic carbocycles. The number of thiazole rings is 1. The summed E-state index contributed by atoms with van der Waals surface area (Å²) in [5.41, 5.74) is 0. The maximum Gasteiger partial charge on any atom is 0.236 e. The van der Waals surface area contributed by atoms with E-state index in [1.54, 1.807) is 24.6 Å². The van der Waals surface area contributed by atoms with Crippen molar-refractivity contribution in [1.82, 2.24) is 15.2 Å². The fourth-order valence-electron chi connectivity index (χ4n) is 1.33. The molecule has 1 N–H and O–H groups in total. The lowest BCUT2D eigenvalue weighted by Gasteiger charge is -2.19. The summed E-state index contributed by atoms with van der Waals surface area (Å²) in [5.74, 6) is 0.150. The van der Waals surface area contributed by atoms with Gasteiger partial charge in [-0.1, -0.05) is 0 Å². The van der Waals surface area contributed by atoms with Gasteiger partial charge >= 0.3 is 0 Å². The fraction of sp³-hybridized carbons (Fsp3) is 0.600. The van der Waals surface area contributed by atoms with Crippen molar-refractivity contribution >= 4 is 29.7 Å². The quantitative estimate of drug-likeness (QED) is 0.838. The molecule has 0 aliphatic rings. The van der Waals surface area contributed by atoms with Crippen molar-refractivity contribution in [2.75, 3.05) is 26.7 Å². The predicted molar refractivity (Wildman–Crippen MR) is 69.2 cm³/mol. The first-order chi connectivity index (χ1) is 7.27. The number of rotatable bonds is 6. The van der Waals surface area contributed by atoms with Gasteiger partial charge in [-0.25, -0.2) is 4.98 Å². The van der Waals surface area contributed by atoms with Crippen LogP contribution in [0.4, 0.5) is 0 Å². The van der Waals surface area contributed by atoms with Crippen LogP contribution < -0.4 is 5.32 Å². The number of carbonyl (C=O) groups excluding carboxylic acids is 1. The first kappa shape index (κ1) is 15.3. The molecule has 6 heteroatoms. The van der Waals surface area contributed by atoms with Gasteiger partial charge < -0.3 is 10.2 Å². The Kier molecular flexibility index (Phi) is 8.15. The van der Waals surface area contributed by atoms with E-state index >= 15 is 0 Å². The Balaban J connectivity index is 0.00000225. The van der Waals surface area contributed by atoms with E-state index in [1.165, 1.54) is 0 Å². The van der Waals surface area contributed by atoms with Crippen molar-refractivity contribution in [1.29, 1.82) is 0 Å². The van der Waals surface area contributed by atoms with E-state index in [9.17, 15) is 4.79 Å². The average Bonchev–Trinajstić information content (AvgIpc) is 2.72. The number of amides is 1. The van der Waals surface area contributed by atoms with E-state index in [-0.39, 0.29) is 18.3 Å². The van der Waals surface area contributed by atoms with Gasteiger partial charge in [0.05, 0.1) is 11.6 Å². The molecule has 0 atom stereocenters. The Labute approximate surface area is 106 Å². The van der Waals surface area contributed by atoms with Crippen LogP contribution in [-0.2, 0) is 11.2 Å². The molecule has 0 bridgehead atoms. The highest BCUT2D eigenvalue weighted by atomic mass is 35.5. The predicted octanol–water partition coefficient (Wildman–Crippen LogP) is 1.18. The van der Waals surface area contributed by atoms with Crippen molar-refractivity contribution in [2.24, 2.45) is 0 Å². The smallest absolute Gasteiger partial charge is 0.236 e. The highest BCUT2D eigenvalue weighted by Crippen LogP contribution is 2.05. The number of likely N-dealkylation sites (N-methyl/N-ethyl adjacent to an activating group) is 2. The van der Waals surface area contributed by atoms with Crippen molar-refractivity contribution in [3.63, 3.8) is 0 Å². The fourth-order valence-corrected chi connectivity index (χ4v) is 1.94. The molecule has 0 radical (unpaired) electrons. The van der Waals surface area contributed by atoms with Crippen LogP contribution in [0.25, 0.3) is 0 Å². The van der Waals surface area contributed by atoms with Crippen molar-refractivity contribution < 1.29 is 4.79 Å². The molecular weight excluding hydrogens is 246 g/mol. The number of carbonyl (C=O) groups is 1. The van der Waals surface area contributed by atoms with Crippen LogP contribution in [0.3, 0.4) is 0 Å². The lowest BCUT2D eigenvalue weighted by atomic mass is 10.3. The number of hydrogen-bond donors (Lipinski definition) is 1. The van der Waals surface area contributed by atoms with Gasteiger partial charge in [-0.3, -0.25) is 4.79 Å². The normalized spacial score (nSPS) is 9.62. The summed E-state index contributed by atoms with van der Waals surface area (Å²) in [5, 5.41) is 5.92. The maximum absolute atomic E-state index is 11.6. The third-order valence-electron chi connectivity index (χ3n) is 2.14. The van der Waals surface area contributed by atoms with Gasteiger partial charge in [-0.15, -0.1) is 23.7 Å². The standard InChI is InChI=1S/C10H17N3OS.ClH/c1-3-13(10(14)8-11-2)6-4-9-12-5-7-15-9;/h5,7,11H,3-4,6,8H2,1-2H3;1H. The van der Waals surface area contributed by atoms with Gasteiger partial charge in [-0.05, 0) is 14.0 Å². The van der Waals surface area contributed by atoms with Gasteiger partial charge in [0, 0.05) is 31.1 Å². The topological polar surface area (TPSA) is 45.2 Å². The van der Waals surface area contributed by atoms with Gasteiger partial charge in [0.25, 0.3) is 0 Å². The molecule has 92 valence electrons. The van der Waals surface area contributed by atoms with Crippen LogP contribution in [0.1, 0.15) is 11.9 Å². The molecule has 1 rings (SSSR count). The van der Waals surface area contributed by atoms with E-state index in [2.05, 4.69) is 10.3 Å². The number of aromatic nitrogens is 1. The van der Waals surface area contributed by atoms with Crippen molar-refractivity contribution in [2.45, 2.75) is 13.3 Å². The Morgan fingerprint density at radius 2 is 2.38 bits per heavy atom. The van der Waals surface area contributed by atoms with E-state index in [0.717, 1.165) is 24.5 Å². The molecule has 0 unspecified atom stereocenters. The van der Waals surface area contributed by atoms with Crippen LogP contribution in [0, 0.1) is 0 Å². The Morgan fingerprint density at radius 1 is 1.62 bits per heavy atom. The number of nitrogens with zero attached hydrogens (tertiary/aromatic N) is 2. The zero-order chi connectivity index (χ0) is 11.1. The molecule has 16 heavy (non-hydrogen) atoms. The van der Waals surface area contributed by atoms with Gasteiger partial charge in [0.15, 0.2) is 0 Å². The van der Waals surface area contributed by atoms with E-state index < -0.39 is 0 Å². The number of halogens is 1. The maximum atomic E-state index is 11.6. The largest absolute Gasteiger partial charge is 0.341 e. The SMILES string of the molecule is CCN(CCc1nccs1)C(=O)CNC.Cl. The first-order valence-corrected chi connectivity index (χ1v) is 5.96.